The van der Waals surface area contributed by atoms with Gasteiger partial charge in [0.1, 0.15) is 0 Å². The summed E-state index contributed by atoms with van der Waals surface area (Å²) in [6.07, 6.45) is 1.78. The smallest absolute Gasteiger partial charge is 0.280 e. The van der Waals surface area contributed by atoms with Crippen LogP contribution in [-0.4, -0.2) is 30.7 Å². The third-order valence-electron chi connectivity index (χ3n) is 5.33. The van der Waals surface area contributed by atoms with Crippen molar-refractivity contribution in [2.45, 2.75) is 20.4 Å². The van der Waals surface area contributed by atoms with Gasteiger partial charge in [-0.05, 0) is 55.3 Å². The van der Waals surface area contributed by atoms with Gasteiger partial charge >= 0.3 is 0 Å². The van der Waals surface area contributed by atoms with E-state index in [2.05, 4.69) is 10.4 Å². The van der Waals surface area contributed by atoms with Crippen LogP contribution in [0.15, 0.2) is 89.5 Å². The Morgan fingerprint density at radius 3 is 2.40 bits per heavy atom. The van der Waals surface area contributed by atoms with E-state index in [1.165, 1.54) is 5.01 Å². The van der Waals surface area contributed by atoms with Crippen molar-refractivity contribution >= 4 is 29.3 Å². The number of benzene rings is 3. The first-order valence-corrected chi connectivity index (χ1v) is 11.4. The molecule has 3 aromatic rings. The highest BCUT2D eigenvalue weighted by atomic mass is 16.5. The lowest BCUT2D eigenvalue weighted by atomic mass is 10.1. The summed E-state index contributed by atoms with van der Waals surface area (Å²) in [7, 11) is 0. The summed E-state index contributed by atoms with van der Waals surface area (Å²) in [5, 5.41) is 8.65. The Balaban J connectivity index is 1.44. The van der Waals surface area contributed by atoms with Crippen LogP contribution in [-0.2, 0) is 16.1 Å². The van der Waals surface area contributed by atoms with Crippen molar-refractivity contribution in [3.63, 3.8) is 0 Å². The number of carbonyl (C=O) groups excluding carboxylic acids is 2. The molecule has 0 atom stereocenters. The molecular formula is C28H27N3O4. The summed E-state index contributed by atoms with van der Waals surface area (Å²) in [5.41, 5.74) is 3.63. The predicted molar refractivity (Wildman–Crippen MR) is 136 cm³/mol. The van der Waals surface area contributed by atoms with Crippen molar-refractivity contribution in [3.05, 3.63) is 95.6 Å². The number of hydrazone groups is 1. The minimum Gasteiger partial charge on any atom is -0.490 e. The van der Waals surface area contributed by atoms with Crippen molar-refractivity contribution in [2.75, 3.05) is 18.2 Å². The SMILES string of the molecule is CCOc1cc(C=C2C(=O)N(c3ccccc3)N=C2C)ccc1OCC(=O)NCc1ccccc1. The number of rotatable bonds is 9. The predicted octanol–water partition coefficient (Wildman–Crippen LogP) is 4.59. The molecule has 3 aromatic carbocycles. The number of nitrogens with zero attached hydrogens (tertiary/aromatic N) is 2. The molecule has 1 aliphatic rings. The molecule has 1 heterocycles. The maximum atomic E-state index is 13.0. The molecule has 35 heavy (non-hydrogen) atoms. The molecule has 0 saturated heterocycles. The Hall–Kier alpha value is -4.39. The number of carbonyl (C=O) groups is 2. The van der Waals surface area contributed by atoms with Crippen molar-refractivity contribution in [3.8, 4) is 11.5 Å². The van der Waals surface area contributed by atoms with Gasteiger partial charge in [-0.25, -0.2) is 0 Å². The lowest BCUT2D eigenvalue weighted by Gasteiger charge is -2.13. The topological polar surface area (TPSA) is 80.2 Å². The zero-order valence-corrected chi connectivity index (χ0v) is 19.7. The quantitative estimate of drug-likeness (QED) is 0.465. The first-order valence-electron chi connectivity index (χ1n) is 11.4. The third kappa shape index (κ3) is 5.95. The first-order chi connectivity index (χ1) is 17.0. The van der Waals surface area contributed by atoms with Crippen LogP contribution in [0, 0.1) is 0 Å². The third-order valence-corrected chi connectivity index (χ3v) is 5.33. The summed E-state index contributed by atoms with van der Waals surface area (Å²) < 4.78 is 11.5. The molecule has 0 fully saturated rings. The Labute approximate surface area is 204 Å². The second-order valence-electron chi connectivity index (χ2n) is 7.89. The van der Waals surface area contributed by atoms with Crippen LogP contribution in [0.25, 0.3) is 6.08 Å². The lowest BCUT2D eigenvalue weighted by molar-refractivity contribution is -0.123. The molecule has 0 aliphatic carbocycles. The highest BCUT2D eigenvalue weighted by Crippen LogP contribution is 2.31. The Morgan fingerprint density at radius 2 is 1.69 bits per heavy atom. The Kier molecular flexibility index (Phi) is 7.57. The molecule has 1 aliphatic heterocycles. The van der Waals surface area contributed by atoms with Crippen LogP contribution < -0.4 is 19.8 Å². The molecule has 0 aromatic heterocycles. The Morgan fingerprint density at radius 1 is 0.971 bits per heavy atom. The van der Waals surface area contributed by atoms with Gasteiger partial charge in [-0.1, -0.05) is 54.6 Å². The van der Waals surface area contributed by atoms with Crippen LogP contribution in [0.5, 0.6) is 11.5 Å². The Bertz CT molecular complexity index is 1250. The van der Waals surface area contributed by atoms with Gasteiger partial charge in [0, 0.05) is 6.54 Å². The van der Waals surface area contributed by atoms with Crippen molar-refractivity contribution < 1.29 is 19.1 Å². The number of nitrogens with one attached hydrogen (secondary N) is 1. The number of hydrogen-bond donors (Lipinski definition) is 1. The van der Waals surface area contributed by atoms with Gasteiger partial charge in [0.05, 0.1) is 23.6 Å². The molecule has 0 spiro atoms. The summed E-state index contributed by atoms with van der Waals surface area (Å²) in [6, 6.07) is 24.3. The normalized spacial score (nSPS) is 14.1. The number of para-hydroxylation sites is 1. The molecule has 4 rings (SSSR count). The van der Waals surface area contributed by atoms with Gasteiger partial charge in [0.2, 0.25) is 0 Å². The molecule has 7 nitrogen and oxygen atoms in total. The minimum atomic E-state index is -0.230. The van der Waals surface area contributed by atoms with E-state index in [0.29, 0.717) is 41.6 Å². The fraction of sp³-hybridized carbons (Fsp3) is 0.179. The van der Waals surface area contributed by atoms with Crippen LogP contribution in [0.1, 0.15) is 25.0 Å². The second kappa shape index (κ2) is 11.2. The molecular weight excluding hydrogens is 442 g/mol. The van der Waals surface area contributed by atoms with E-state index < -0.39 is 0 Å². The van der Waals surface area contributed by atoms with Gasteiger partial charge in [0.25, 0.3) is 11.8 Å². The fourth-order valence-electron chi connectivity index (χ4n) is 3.59. The molecule has 2 amide bonds. The van der Waals surface area contributed by atoms with Gasteiger partial charge < -0.3 is 14.8 Å². The summed E-state index contributed by atoms with van der Waals surface area (Å²) in [4.78, 5) is 25.2. The summed E-state index contributed by atoms with van der Waals surface area (Å²) in [6.45, 7) is 4.41. The largest absolute Gasteiger partial charge is 0.490 e. The second-order valence-corrected chi connectivity index (χ2v) is 7.89. The highest BCUT2D eigenvalue weighted by molar-refractivity contribution is 6.32. The van der Waals surface area contributed by atoms with Crippen molar-refractivity contribution in [1.29, 1.82) is 0 Å². The van der Waals surface area contributed by atoms with E-state index in [1.807, 2.05) is 80.6 Å². The molecule has 0 saturated carbocycles. The van der Waals surface area contributed by atoms with E-state index in [0.717, 1.165) is 11.1 Å². The van der Waals surface area contributed by atoms with E-state index >= 15 is 0 Å². The average molecular weight is 470 g/mol. The van der Waals surface area contributed by atoms with E-state index in [-0.39, 0.29) is 18.4 Å². The van der Waals surface area contributed by atoms with Crippen LogP contribution in [0.3, 0.4) is 0 Å². The van der Waals surface area contributed by atoms with Gasteiger partial charge in [-0.2, -0.15) is 10.1 Å². The van der Waals surface area contributed by atoms with E-state index in [4.69, 9.17) is 9.47 Å². The van der Waals surface area contributed by atoms with Crippen LogP contribution in [0.4, 0.5) is 5.69 Å². The molecule has 7 heteroatoms. The van der Waals surface area contributed by atoms with Crippen LogP contribution in [0.2, 0.25) is 0 Å². The summed E-state index contributed by atoms with van der Waals surface area (Å²) >= 11 is 0. The van der Waals surface area contributed by atoms with Gasteiger partial charge in [-0.15, -0.1) is 0 Å². The zero-order chi connectivity index (χ0) is 24.6. The fourth-order valence-corrected chi connectivity index (χ4v) is 3.59. The van der Waals surface area contributed by atoms with Gasteiger partial charge in [0.15, 0.2) is 18.1 Å². The first kappa shape index (κ1) is 23.8. The number of hydrogen-bond acceptors (Lipinski definition) is 5. The maximum Gasteiger partial charge on any atom is 0.280 e. The monoisotopic (exact) mass is 469 g/mol. The number of anilines is 1. The lowest BCUT2D eigenvalue weighted by Crippen LogP contribution is -2.28. The standard InChI is InChI=1S/C28H27N3O4/c1-3-34-26-17-22(16-24-20(2)30-31(28(24)33)23-12-8-5-9-13-23)14-15-25(26)35-19-27(32)29-18-21-10-6-4-7-11-21/h4-17H,3,18-19H2,1-2H3,(H,29,32). The summed E-state index contributed by atoms with van der Waals surface area (Å²) in [5.74, 6) is 0.532. The van der Waals surface area contributed by atoms with Crippen molar-refractivity contribution in [1.82, 2.24) is 5.32 Å². The van der Waals surface area contributed by atoms with Crippen LogP contribution >= 0.6 is 0 Å². The average Bonchev–Trinajstić information content (AvgIpc) is 3.16. The van der Waals surface area contributed by atoms with Crippen molar-refractivity contribution in [2.24, 2.45) is 5.10 Å². The van der Waals surface area contributed by atoms with E-state index in [9.17, 15) is 9.59 Å². The molecule has 0 bridgehead atoms. The zero-order valence-electron chi connectivity index (χ0n) is 19.7. The number of amides is 2. The molecule has 178 valence electrons. The number of ether oxygens (including phenoxy) is 2. The minimum absolute atomic E-state index is 0.135. The van der Waals surface area contributed by atoms with E-state index in [1.54, 1.807) is 18.2 Å². The molecule has 0 unspecified atom stereocenters. The van der Waals surface area contributed by atoms with Gasteiger partial charge in [-0.3, -0.25) is 9.59 Å². The maximum absolute atomic E-state index is 13.0. The molecule has 0 radical (unpaired) electrons. The highest BCUT2D eigenvalue weighted by Gasteiger charge is 2.28. The molecule has 1 N–H and O–H groups in total.